The van der Waals surface area contributed by atoms with Crippen molar-refractivity contribution in [1.29, 1.82) is 0 Å². The van der Waals surface area contributed by atoms with E-state index in [0.717, 1.165) is 24.8 Å². The van der Waals surface area contributed by atoms with Crippen LogP contribution in [0.3, 0.4) is 0 Å². The zero-order valence-corrected chi connectivity index (χ0v) is 12.6. The van der Waals surface area contributed by atoms with E-state index >= 15 is 0 Å². The van der Waals surface area contributed by atoms with Gasteiger partial charge in [0.15, 0.2) is 0 Å². The quantitative estimate of drug-likeness (QED) is 0.840. The van der Waals surface area contributed by atoms with Crippen molar-refractivity contribution in [2.24, 2.45) is 0 Å². The number of nitrogens with one attached hydrogen (secondary N) is 1. The van der Waals surface area contributed by atoms with Crippen LogP contribution in [0.15, 0.2) is 24.3 Å². The van der Waals surface area contributed by atoms with Crippen molar-refractivity contribution < 1.29 is 13.9 Å². The summed E-state index contributed by atoms with van der Waals surface area (Å²) in [6.45, 7) is 3.08. The maximum absolute atomic E-state index is 13.4. The number of carbonyl (C=O) groups excluding carboxylic acids is 1. The summed E-state index contributed by atoms with van der Waals surface area (Å²) in [4.78, 5) is 14.2. The molecule has 1 saturated heterocycles. The van der Waals surface area contributed by atoms with E-state index in [1.165, 1.54) is 12.1 Å². The highest BCUT2D eigenvalue weighted by Gasteiger charge is 2.38. The fraction of sp³-hybridized carbons (Fsp3) is 0.562. The number of carbonyl (C=O) groups is 1. The number of amides is 1. The number of hydrogen-bond donors (Lipinski definition) is 1. The Morgan fingerprint density at radius 3 is 2.90 bits per heavy atom. The van der Waals surface area contributed by atoms with E-state index in [0.29, 0.717) is 13.2 Å². The Labute approximate surface area is 125 Å². The van der Waals surface area contributed by atoms with Gasteiger partial charge in [-0.15, -0.1) is 0 Å². The number of halogens is 1. The summed E-state index contributed by atoms with van der Waals surface area (Å²) in [6.07, 6.45) is 2.58. The minimum Gasteiger partial charge on any atom is -0.383 e. The van der Waals surface area contributed by atoms with Crippen LogP contribution >= 0.6 is 0 Å². The largest absolute Gasteiger partial charge is 0.383 e. The van der Waals surface area contributed by atoms with Crippen LogP contribution in [-0.2, 0) is 9.53 Å². The number of rotatable bonds is 7. The van der Waals surface area contributed by atoms with E-state index < -0.39 is 0 Å². The molecule has 0 saturated carbocycles. The van der Waals surface area contributed by atoms with E-state index in [1.807, 2.05) is 6.07 Å². The third-order valence-corrected chi connectivity index (χ3v) is 3.80. The predicted molar refractivity (Wildman–Crippen MR) is 79.2 cm³/mol. The molecule has 1 heterocycles. The number of nitrogens with zero attached hydrogens (tertiary/aromatic N) is 1. The standard InChI is InChI=1S/C16H23FN2O2/c1-3-4-8-14-16(20)19(9-10-21-2)15(18-14)12-6-5-7-13(17)11-12/h5-7,11,14-15,18H,3-4,8-10H2,1-2H3. The molecule has 0 radical (unpaired) electrons. The Kier molecular flexibility index (Phi) is 5.70. The van der Waals surface area contributed by atoms with Crippen LogP contribution in [0.1, 0.15) is 37.9 Å². The average Bonchev–Trinajstić information content (AvgIpc) is 2.79. The third-order valence-electron chi connectivity index (χ3n) is 3.80. The van der Waals surface area contributed by atoms with Crippen molar-refractivity contribution in [2.75, 3.05) is 20.3 Å². The Hall–Kier alpha value is -1.46. The van der Waals surface area contributed by atoms with Crippen LogP contribution in [0.5, 0.6) is 0 Å². The number of benzene rings is 1. The van der Waals surface area contributed by atoms with Crippen LogP contribution in [0, 0.1) is 5.82 Å². The summed E-state index contributed by atoms with van der Waals surface area (Å²) in [5.74, 6) is -0.208. The smallest absolute Gasteiger partial charge is 0.241 e. The normalized spacial score (nSPS) is 22.0. The summed E-state index contributed by atoms with van der Waals surface area (Å²) in [7, 11) is 1.61. The number of ether oxygens (including phenoxy) is 1. The van der Waals surface area contributed by atoms with Gasteiger partial charge in [-0.1, -0.05) is 31.9 Å². The molecule has 1 fully saturated rings. The molecule has 0 bridgehead atoms. The highest BCUT2D eigenvalue weighted by atomic mass is 19.1. The lowest BCUT2D eigenvalue weighted by molar-refractivity contribution is -0.130. The van der Waals surface area contributed by atoms with Crippen LogP contribution < -0.4 is 5.32 Å². The molecule has 0 aliphatic carbocycles. The Bertz CT molecular complexity index is 481. The second-order valence-electron chi connectivity index (χ2n) is 5.34. The second kappa shape index (κ2) is 7.52. The molecular formula is C16H23FN2O2. The molecule has 4 nitrogen and oxygen atoms in total. The van der Waals surface area contributed by atoms with E-state index in [1.54, 1.807) is 18.1 Å². The van der Waals surface area contributed by atoms with E-state index in [-0.39, 0.29) is 23.9 Å². The van der Waals surface area contributed by atoms with Gasteiger partial charge in [0.1, 0.15) is 12.0 Å². The SMILES string of the molecule is CCCCC1NC(c2cccc(F)c2)N(CCOC)C1=O. The second-order valence-corrected chi connectivity index (χ2v) is 5.34. The van der Waals surface area contributed by atoms with Gasteiger partial charge < -0.3 is 9.64 Å². The molecule has 21 heavy (non-hydrogen) atoms. The monoisotopic (exact) mass is 294 g/mol. The summed E-state index contributed by atoms with van der Waals surface area (Å²) < 4.78 is 18.5. The van der Waals surface area contributed by atoms with Crippen molar-refractivity contribution >= 4 is 5.91 Å². The van der Waals surface area contributed by atoms with Crippen molar-refractivity contribution in [3.8, 4) is 0 Å². The molecule has 2 atom stereocenters. The molecule has 5 heteroatoms. The van der Waals surface area contributed by atoms with Gasteiger partial charge >= 0.3 is 0 Å². The summed E-state index contributed by atoms with van der Waals surface area (Å²) >= 11 is 0. The van der Waals surface area contributed by atoms with Crippen molar-refractivity contribution in [3.05, 3.63) is 35.6 Å². The molecule has 1 aliphatic heterocycles. The molecule has 116 valence electrons. The van der Waals surface area contributed by atoms with Gasteiger partial charge in [-0.05, 0) is 24.1 Å². The highest BCUT2D eigenvalue weighted by molar-refractivity contribution is 5.84. The van der Waals surface area contributed by atoms with E-state index in [4.69, 9.17) is 4.74 Å². The third kappa shape index (κ3) is 3.80. The lowest BCUT2D eigenvalue weighted by Crippen LogP contribution is -2.33. The maximum atomic E-state index is 13.4. The predicted octanol–water partition coefficient (Wildman–Crippen LogP) is 2.46. The lowest BCUT2D eigenvalue weighted by Gasteiger charge is -2.24. The number of unbranched alkanes of at least 4 members (excludes halogenated alkanes) is 1. The Morgan fingerprint density at radius 1 is 1.43 bits per heavy atom. The molecule has 2 rings (SSSR count). The average molecular weight is 294 g/mol. The minimum absolute atomic E-state index is 0.0785. The summed E-state index contributed by atoms with van der Waals surface area (Å²) in [5, 5.41) is 3.33. The molecule has 2 unspecified atom stereocenters. The van der Waals surface area contributed by atoms with E-state index in [2.05, 4.69) is 12.2 Å². The lowest BCUT2D eigenvalue weighted by atomic mass is 10.1. The molecule has 1 N–H and O–H groups in total. The topological polar surface area (TPSA) is 41.6 Å². The van der Waals surface area contributed by atoms with Gasteiger partial charge in [0.05, 0.1) is 12.6 Å². The van der Waals surface area contributed by atoms with Crippen molar-refractivity contribution in [2.45, 2.75) is 38.4 Å². The van der Waals surface area contributed by atoms with Crippen LogP contribution in [-0.4, -0.2) is 37.1 Å². The maximum Gasteiger partial charge on any atom is 0.241 e. The number of hydrogen-bond acceptors (Lipinski definition) is 3. The van der Waals surface area contributed by atoms with Gasteiger partial charge in [0.25, 0.3) is 0 Å². The van der Waals surface area contributed by atoms with E-state index in [9.17, 15) is 9.18 Å². The first-order valence-electron chi connectivity index (χ1n) is 7.48. The zero-order valence-electron chi connectivity index (χ0n) is 12.6. The van der Waals surface area contributed by atoms with Gasteiger partial charge in [-0.3, -0.25) is 10.1 Å². The van der Waals surface area contributed by atoms with Crippen LogP contribution in [0.2, 0.25) is 0 Å². The molecule has 1 aromatic carbocycles. The zero-order chi connectivity index (χ0) is 15.2. The van der Waals surface area contributed by atoms with Crippen molar-refractivity contribution in [1.82, 2.24) is 10.2 Å². The minimum atomic E-state index is -0.287. The fourth-order valence-electron chi connectivity index (χ4n) is 2.68. The van der Waals surface area contributed by atoms with Crippen LogP contribution in [0.25, 0.3) is 0 Å². The first-order chi connectivity index (χ1) is 10.2. The first-order valence-corrected chi connectivity index (χ1v) is 7.48. The molecule has 0 aromatic heterocycles. The Morgan fingerprint density at radius 2 is 2.24 bits per heavy atom. The highest BCUT2D eigenvalue weighted by Crippen LogP contribution is 2.27. The molecule has 0 spiro atoms. The molecule has 1 aliphatic rings. The summed E-state index contributed by atoms with van der Waals surface area (Å²) in [5.41, 5.74) is 0.776. The van der Waals surface area contributed by atoms with Gasteiger partial charge in [0.2, 0.25) is 5.91 Å². The first kappa shape index (κ1) is 15.9. The molecule has 1 amide bonds. The number of methoxy groups -OCH3 is 1. The summed E-state index contributed by atoms with van der Waals surface area (Å²) in [6, 6.07) is 6.22. The van der Waals surface area contributed by atoms with Gasteiger partial charge in [-0.25, -0.2) is 4.39 Å². The molecular weight excluding hydrogens is 271 g/mol. The molecule has 1 aromatic rings. The van der Waals surface area contributed by atoms with Gasteiger partial charge in [0, 0.05) is 13.7 Å². The van der Waals surface area contributed by atoms with Crippen molar-refractivity contribution in [3.63, 3.8) is 0 Å². The van der Waals surface area contributed by atoms with Gasteiger partial charge in [-0.2, -0.15) is 0 Å². The fourth-order valence-corrected chi connectivity index (χ4v) is 2.68. The Balaban J connectivity index is 2.17. The van der Waals surface area contributed by atoms with Crippen LogP contribution in [0.4, 0.5) is 4.39 Å².